The second kappa shape index (κ2) is 14.4. The summed E-state index contributed by atoms with van der Waals surface area (Å²) < 4.78 is 27.3. The van der Waals surface area contributed by atoms with Crippen LogP contribution in [0.4, 0.5) is 8.78 Å². The summed E-state index contributed by atoms with van der Waals surface area (Å²) in [5.41, 5.74) is 19.3. The molecule has 0 bridgehead atoms. The molecule has 50 heavy (non-hydrogen) atoms. The third-order valence-electron chi connectivity index (χ3n) is 8.66. The lowest BCUT2D eigenvalue weighted by atomic mass is 9.84. The van der Waals surface area contributed by atoms with Gasteiger partial charge in [-0.05, 0) is 87.9 Å². The monoisotopic (exact) mass is 792 g/mol. The average molecular weight is 795 g/mol. The Hall–Kier alpha value is -5.06. The van der Waals surface area contributed by atoms with Crippen LogP contribution < -0.4 is 11.5 Å². The van der Waals surface area contributed by atoms with Crippen LogP contribution in [0.25, 0.3) is 11.1 Å². The molecule has 0 saturated carbocycles. The number of aliphatic imine (C=N–C) groups is 2. The van der Waals surface area contributed by atoms with E-state index in [0.717, 1.165) is 49.6 Å². The highest BCUT2D eigenvalue weighted by atomic mass is 79.9. The fraction of sp³-hybridized carbons (Fsp3) is 0.100. The maximum absolute atomic E-state index is 13.5. The van der Waals surface area contributed by atoms with Gasteiger partial charge in [-0.1, -0.05) is 94.8 Å². The van der Waals surface area contributed by atoms with Gasteiger partial charge in [0, 0.05) is 38.0 Å². The predicted octanol–water partition coefficient (Wildman–Crippen LogP) is 9.28. The van der Waals surface area contributed by atoms with Gasteiger partial charge in [-0.3, -0.25) is 20.0 Å². The number of nitrogens with zero attached hydrogens (tertiary/aromatic N) is 4. The Morgan fingerprint density at radius 1 is 0.520 bits per heavy atom. The quantitative estimate of drug-likeness (QED) is 0.187. The third kappa shape index (κ3) is 7.13. The first kappa shape index (κ1) is 34.8. The summed E-state index contributed by atoms with van der Waals surface area (Å²) >= 11 is 6.57. The van der Waals surface area contributed by atoms with Crippen molar-refractivity contribution in [3.63, 3.8) is 0 Å². The van der Waals surface area contributed by atoms with Gasteiger partial charge in [-0.25, -0.2) is 8.78 Å². The van der Waals surface area contributed by atoms with Gasteiger partial charge in [0.05, 0.1) is 12.4 Å². The molecular weight excluding hydrogens is 762 g/mol. The van der Waals surface area contributed by atoms with E-state index in [2.05, 4.69) is 84.9 Å². The highest BCUT2D eigenvalue weighted by molar-refractivity contribution is 9.10. The normalized spacial score (nSPS) is 18.4. The van der Waals surface area contributed by atoms with Crippen molar-refractivity contribution in [2.75, 3.05) is 0 Å². The van der Waals surface area contributed by atoms with E-state index in [1.807, 2.05) is 72.8 Å². The van der Waals surface area contributed by atoms with Crippen LogP contribution in [0.5, 0.6) is 0 Å². The minimum Gasteiger partial charge on any atom is -0.383 e. The minimum atomic E-state index is -0.544. The summed E-state index contributed by atoms with van der Waals surface area (Å²) in [7, 11) is 0. The molecule has 2 aliphatic rings. The second-order valence-corrected chi connectivity index (χ2v) is 13.9. The summed E-state index contributed by atoms with van der Waals surface area (Å²) in [5.74, 6) is 0.496. The van der Waals surface area contributed by atoms with Gasteiger partial charge in [0.15, 0.2) is 0 Å². The Bertz CT molecular complexity index is 2240. The molecule has 6 nitrogen and oxygen atoms in total. The molecule has 2 unspecified atom stereocenters. The Labute approximate surface area is 306 Å². The van der Waals surface area contributed by atoms with Crippen LogP contribution in [0.3, 0.4) is 0 Å². The average Bonchev–Trinajstić information content (AvgIpc) is 3.54. The van der Waals surface area contributed by atoms with E-state index in [9.17, 15) is 8.78 Å². The number of halogens is 4. The summed E-state index contributed by atoms with van der Waals surface area (Å²) in [4.78, 5) is 16.9. The molecule has 10 heteroatoms. The Balaban J connectivity index is 0.000000146. The number of pyridine rings is 2. The molecule has 0 spiro atoms. The Kier molecular flexibility index (Phi) is 10.0. The van der Waals surface area contributed by atoms with Crippen molar-refractivity contribution in [2.45, 2.75) is 24.9 Å². The topological polar surface area (TPSA) is 103 Å². The molecule has 0 fully saturated rings. The highest BCUT2D eigenvalue weighted by Gasteiger charge is 2.37. The number of nitrogens with two attached hydrogens (primary N) is 2. The zero-order chi connectivity index (χ0) is 35.5. The van der Waals surface area contributed by atoms with Crippen molar-refractivity contribution in [3.8, 4) is 11.1 Å². The maximum Gasteiger partial charge on any atom is 0.142 e. The molecule has 2 atom stereocenters. The van der Waals surface area contributed by atoms with Crippen LogP contribution >= 0.6 is 31.9 Å². The van der Waals surface area contributed by atoms with Crippen LogP contribution in [0.2, 0.25) is 0 Å². The smallest absolute Gasteiger partial charge is 0.142 e. The van der Waals surface area contributed by atoms with Crippen molar-refractivity contribution >= 4 is 43.5 Å². The number of benzene rings is 4. The molecule has 4 heterocycles. The van der Waals surface area contributed by atoms with Crippen molar-refractivity contribution in [1.82, 2.24) is 9.97 Å². The molecule has 0 aliphatic carbocycles. The largest absolute Gasteiger partial charge is 0.383 e. The van der Waals surface area contributed by atoms with Gasteiger partial charge in [0.2, 0.25) is 0 Å². The zero-order valence-corrected chi connectivity index (χ0v) is 30.3. The molecule has 0 saturated heterocycles. The minimum absolute atomic E-state index is 0.320. The molecule has 250 valence electrons. The fourth-order valence-corrected chi connectivity index (χ4v) is 6.91. The van der Waals surface area contributed by atoms with E-state index in [1.54, 1.807) is 6.20 Å². The van der Waals surface area contributed by atoms with Crippen molar-refractivity contribution in [1.29, 1.82) is 0 Å². The fourth-order valence-electron chi connectivity index (χ4n) is 6.17. The third-order valence-corrected chi connectivity index (χ3v) is 9.59. The highest BCUT2D eigenvalue weighted by Crippen LogP contribution is 2.42. The summed E-state index contributed by atoms with van der Waals surface area (Å²) in [6.07, 6.45) is 5.55. The second-order valence-electron chi connectivity index (χ2n) is 12.0. The molecule has 4 aromatic carbocycles. The molecule has 2 aromatic heterocycles. The standard InChI is InChI=1S/C20H16FN3.C15H13BrN2.C5H3BrFN/c1-20(18-8-3-2-7-17(18)19(22)24-20)15-6-4-5-13(9-15)14-10-16(21)12-23-11-14;1-15(10-5-4-6-11(16)9-10)13-8-3-2-7-12(13)14(17)18-15;6-4-1-5(7)3-8-2-4/h2-12H,1H3,(H2,22,24);2-9H,1H3,(H2,17,18);1-3H. The number of rotatable bonds is 3. The lowest BCUT2D eigenvalue weighted by Crippen LogP contribution is -2.18. The van der Waals surface area contributed by atoms with Gasteiger partial charge in [0.25, 0.3) is 0 Å². The van der Waals surface area contributed by atoms with E-state index in [1.165, 1.54) is 30.1 Å². The number of hydrogen-bond donors (Lipinski definition) is 2. The van der Waals surface area contributed by atoms with Gasteiger partial charge in [-0.15, -0.1) is 0 Å². The molecule has 8 rings (SSSR count). The van der Waals surface area contributed by atoms with Gasteiger partial charge >= 0.3 is 0 Å². The molecule has 0 radical (unpaired) electrons. The Morgan fingerprint density at radius 3 is 1.56 bits per heavy atom. The van der Waals surface area contributed by atoms with Gasteiger partial charge in [-0.2, -0.15) is 0 Å². The van der Waals surface area contributed by atoms with Crippen molar-refractivity contribution < 1.29 is 8.78 Å². The van der Waals surface area contributed by atoms with Crippen LogP contribution in [-0.4, -0.2) is 21.6 Å². The molecule has 0 amide bonds. The predicted molar refractivity (Wildman–Crippen MR) is 203 cm³/mol. The number of fused-ring (bicyclic) bond motifs is 2. The lowest BCUT2D eigenvalue weighted by molar-refractivity contribution is 0.620. The number of aromatic nitrogens is 2. The SMILES string of the molecule is CC1(c2cccc(-c3cncc(F)c3)c2)N=C(N)c2ccccc21.CC1(c2cccc(Br)c2)N=C(N)c2ccccc21.Fc1cncc(Br)c1. The molecule has 6 aromatic rings. The summed E-state index contributed by atoms with van der Waals surface area (Å²) in [6.45, 7) is 4.15. The van der Waals surface area contributed by atoms with Crippen molar-refractivity contribution in [2.24, 2.45) is 21.5 Å². The van der Waals surface area contributed by atoms with Gasteiger partial charge in [0.1, 0.15) is 34.4 Å². The van der Waals surface area contributed by atoms with Crippen LogP contribution in [0, 0.1) is 11.6 Å². The summed E-state index contributed by atoms with van der Waals surface area (Å²) in [5, 5.41) is 0. The van der Waals surface area contributed by atoms with E-state index >= 15 is 0 Å². The summed E-state index contributed by atoms with van der Waals surface area (Å²) in [6, 6.07) is 35.1. The molecule has 2 aliphatic heterocycles. The van der Waals surface area contributed by atoms with E-state index in [-0.39, 0.29) is 17.2 Å². The molecule has 4 N–H and O–H groups in total. The van der Waals surface area contributed by atoms with Crippen LogP contribution in [0.15, 0.2) is 153 Å². The first-order chi connectivity index (χ1) is 24.0. The number of hydrogen-bond acceptors (Lipinski definition) is 6. The van der Waals surface area contributed by atoms with E-state index in [4.69, 9.17) is 16.5 Å². The Morgan fingerprint density at radius 2 is 1.04 bits per heavy atom. The van der Waals surface area contributed by atoms with Crippen molar-refractivity contribution in [3.05, 3.63) is 188 Å². The first-order valence-corrected chi connectivity index (χ1v) is 17.2. The zero-order valence-electron chi connectivity index (χ0n) is 27.2. The first-order valence-electron chi connectivity index (χ1n) is 15.6. The van der Waals surface area contributed by atoms with Crippen LogP contribution in [0.1, 0.15) is 47.2 Å². The van der Waals surface area contributed by atoms with E-state index in [0.29, 0.717) is 16.1 Å². The number of amidine groups is 2. The lowest BCUT2D eigenvalue weighted by Gasteiger charge is -2.24. The van der Waals surface area contributed by atoms with E-state index < -0.39 is 5.54 Å². The maximum atomic E-state index is 13.5. The molecular formula is C40H32Br2F2N6. The van der Waals surface area contributed by atoms with Gasteiger partial charge < -0.3 is 11.5 Å². The van der Waals surface area contributed by atoms with Crippen LogP contribution in [-0.2, 0) is 11.1 Å².